The van der Waals surface area contributed by atoms with Crippen LogP contribution in [0.2, 0.25) is 0 Å². The summed E-state index contributed by atoms with van der Waals surface area (Å²) < 4.78 is 6.15. The van der Waals surface area contributed by atoms with Crippen LogP contribution in [-0.4, -0.2) is 40.0 Å². The molecule has 9 atom stereocenters. The van der Waals surface area contributed by atoms with E-state index in [1.807, 2.05) is 13.0 Å². The number of hydrogen-bond acceptors (Lipinski definition) is 5. The van der Waals surface area contributed by atoms with Gasteiger partial charge in [-0.25, -0.2) is 9.59 Å². The van der Waals surface area contributed by atoms with Gasteiger partial charge in [0.05, 0.1) is 16.5 Å². The first-order chi connectivity index (χ1) is 20.8. The van der Waals surface area contributed by atoms with E-state index in [-0.39, 0.29) is 62.4 Å². The molecule has 1 aromatic carbocycles. The predicted octanol–water partition coefficient (Wildman–Crippen LogP) is 7.98. The zero-order chi connectivity index (χ0) is 33.0. The number of carboxylic acid groups (broad SMARTS) is 2. The van der Waals surface area contributed by atoms with E-state index < -0.39 is 28.7 Å². The Bertz CT molecular complexity index is 1510. The molecule has 5 aliphatic rings. The molecule has 4 saturated carbocycles. The Morgan fingerprint density at radius 2 is 1.51 bits per heavy atom. The summed E-state index contributed by atoms with van der Waals surface area (Å²) in [6.45, 7) is 15.6. The third-order valence-electron chi connectivity index (χ3n) is 14.6. The third kappa shape index (κ3) is 4.41. The highest BCUT2D eigenvalue weighted by Crippen LogP contribution is 2.75. The van der Waals surface area contributed by atoms with Gasteiger partial charge in [-0.1, -0.05) is 53.2 Å². The van der Waals surface area contributed by atoms with Gasteiger partial charge in [0, 0.05) is 11.3 Å². The maximum Gasteiger partial charge on any atom is 0.338 e. The van der Waals surface area contributed by atoms with Gasteiger partial charge in [-0.15, -0.1) is 0 Å². The van der Waals surface area contributed by atoms with E-state index >= 15 is 0 Å². The fraction of sp³-hybridized carbons (Fsp3) is 0.684. The highest BCUT2D eigenvalue weighted by Gasteiger charge is 2.70. The van der Waals surface area contributed by atoms with Crippen molar-refractivity contribution in [1.82, 2.24) is 0 Å². The first kappa shape index (κ1) is 32.0. The fourth-order valence-corrected chi connectivity index (χ4v) is 11.5. The minimum Gasteiger partial charge on any atom is -0.481 e. The van der Waals surface area contributed by atoms with E-state index in [1.165, 1.54) is 17.7 Å². The summed E-state index contributed by atoms with van der Waals surface area (Å²) >= 11 is 0. The van der Waals surface area contributed by atoms with Crippen LogP contribution in [0.25, 0.3) is 0 Å². The van der Waals surface area contributed by atoms with Gasteiger partial charge in [-0.3, -0.25) is 9.59 Å². The van der Waals surface area contributed by atoms with Gasteiger partial charge in [0.25, 0.3) is 0 Å². The lowest BCUT2D eigenvalue weighted by atomic mass is 9.33. The van der Waals surface area contributed by atoms with E-state index in [9.17, 15) is 29.4 Å². The van der Waals surface area contributed by atoms with Crippen LogP contribution in [0.5, 0.6) is 0 Å². The van der Waals surface area contributed by atoms with Gasteiger partial charge in [-0.2, -0.15) is 0 Å². The molecule has 0 heterocycles. The molecule has 0 radical (unpaired) electrons. The summed E-state index contributed by atoms with van der Waals surface area (Å²) in [5.41, 5.74) is -0.398. The molecular formula is C38H50O7. The highest BCUT2D eigenvalue weighted by molar-refractivity contribution is 5.96. The Hall–Kier alpha value is -2.96. The van der Waals surface area contributed by atoms with Crippen LogP contribution < -0.4 is 0 Å². The van der Waals surface area contributed by atoms with Crippen molar-refractivity contribution in [1.29, 1.82) is 0 Å². The maximum atomic E-state index is 14.6. The van der Waals surface area contributed by atoms with Crippen molar-refractivity contribution >= 4 is 23.7 Å². The molecule has 4 fully saturated rings. The Labute approximate surface area is 267 Å². The molecule has 7 nitrogen and oxygen atoms in total. The molecule has 0 bridgehead atoms. The molecule has 6 rings (SSSR count). The summed E-state index contributed by atoms with van der Waals surface area (Å²) in [5, 5.41) is 19.6. The second kappa shape index (κ2) is 10.0. The van der Waals surface area contributed by atoms with E-state index in [0.717, 1.165) is 38.5 Å². The summed E-state index contributed by atoms with van der Waals surface area (Å²) in [7, 11) is 0. The van der Waals surface area contributed by atoms with Crippen LogP contribution in [0.3, 0.4) is 0 Å². The van der Waals surface area contributed by atoms with Crippen molar-refractivity contribution in [3.05, 3.63) is 47.0 Å². The summed E-state index contributed by atoms with van der Waals surface area (Å²) in [6.07, 6.45) is 9.02. The van der Waals surface area contributed by atoms with Crippen molar-refractivity contribution in [3.8, 4) is 0 Å². The maximum absolute atomic E-state index is 14.6. The van der Waals surface area contributed by atoms with Gasteiger partial charge in [0.15, 0.2) is 5.78 Å². The molecule has 244 valence electrons. The second-order valence-corrected chi connectivity index (χ2v) is 17.2. The van der Waals surface area contributed by atoms with E-state index in [0.29, 0.717) is 19.3 Å². The van der Waals surface area contributed by atoms with Crippen LogP contribution in [0.15, 0.2) is 35.9 Å². The highest BCUT2D eigenvalue weighted by atomic mass is 16.5. The van der Waals surface area contributed by atoms with E-state index in [1.54, 1.807) is 12.1 Å². The molecule has 0 aromatic heterocycles. The molecule has 1 aromatic rings. The van der Waals surface area contributed by atoms with Gasteiger partial charge in [0.2, 0.25) is 0 Å². The molecule has 0 spiro atoms. The monoisotopic (exact) mass is 618 g/mol. The Kier molecular flexibility index (Phi) is 7.12. The number of aliphatic carboxylic acids is 1. The largest absolute Gasteiger partial charge is 0.481 e. The average molecular weight is 619 g/mol. The minimum atomic E-state index is -1.09. The van der Waals surface area contributed by atoms with Gasteiger partial charge in [0.1, 0.15) is 6.10 Å². The number of benzene rings is 1. The molecule has 0 aliphatic heterocycles. The summed E-state index contributed by atoms with van der Waals surface area (Å²) in [6, 6.07) is 5.97. The normalized spacial score (nSPS) is 43.4. The number of carboxylic acids is 2. The molecule has 0 unspecified atom stereocenters. The zero-order valence-electron chi connectivity index (χ0n) is 28.0. The zero-order valence-corrected chi connectivity index (χ0v) is 28.0. The molecule has 7 heteroatoms. The Balaban J connectivity index is 1.32. The third-order valence-corrected chi connectivity index (χ3v) is 14.6. The van der Waals surface area contributed by atoms with E-state index in [2.05, 4.69) is 41.5 Å². The van der Waals surface area contributed by atoms with Crippen LogP contribution in [-0.2, 0) is 14.3 Å². The second-order valence-electron chi connectivity index (χ2n) is 17.2. The van der Waals surface area contributed by atoms with Crippen molar-refractivity contribution in [2.45, 2.75) is 112 Å². The predicted molar refractivity (Wildman–Crippen MR) is 170 cm³/mol. The molecule has 5 aliphatic carbocycles. The molecule has 45 heavy (non-hydrogen) atoms. The first-order valence-corrected chi connectivity index (χ1v) is 16.9. The smallest absolute Gasteiger partial charge is 0.338 e. The minimum absolute atomic E-state index is 0.0127. The number of rotatable bonds is 4. The number of esters is 1. The van der Waals surface area contributed by atoms with Gasteiger partial charge >= 0.3 is 17.9 Å². The topological polar surface area (TPSA) is 118 Å². The number of ether oxygens (including phenoxy) is 1. The lowest BCUT2D eigenvalue weighted by Gasteiger charge is -2.70. The SMILES string of the molecule is CC1(C)[C@@H](OC(=O)c2cccc(C(=O)O)c2)CC[C@]2(C)[C@H]3C(=O)C=C4[C@@H]5C[C@@](C)(C(=O)O)CC[C@]5(C)CC[C@@]4(C)[C@]3(C)CC[C@@H]12. The van der Waals surface area contributed by atoms with Gasteiger partial charge < -0.3 is 14.9 Å². The quantitative estimate of drug-likeness (QED) is 0.329. The lowest BCUT2D eigenvalue weighted by Crippen LogP contribution is -2.66. The fourth-order valence-electron chi connectivity index (χ4n) is 11.5. The first-order valence-electron chi connectivity index (χ1n) is 16.9. The number of fused-ring (bicyclic) bond motifs is 7. The standard InChI is InChI=1S/C38H50O7/c1-33(2)27-11-14-38(7)29(36(27,5)13-12-28(33)45-31(42)23-10-8-9-22(19-23)30(40)41)26(39)20-24-25-21-35(4,32(43)44)16-15-34(25,3)17-18-37(24,38)6/h8-10,19-20,25,27-29H,11-18,21H2,1-7H3,(H,40,41)(H,43,44)/t25-,27-,28-,29+,34+,35-,36-,37+,38+/m0/s1. The lowest BCUT2D eigenvalue weighted by molar-refractivity contribution is -0.202. The number of carbonyl (C=O) groups is 4. The molecule has 0 saturated heterocycles. The number of ketones is 1. The van der Waals surface area contributed by atoms with Crippen LogP contribution in [0.1, 0.15) is 127 Å². The van der Waals surface area contributed by atoms with Crippen molar-refractivity contribution < 1.29 is 34.1 Å². The number of carbonyl (C=O) groups excluding carboxylic acids is 2. The van der Waals surface area contributed by atoms with Crippen LogP contribution >= 0.6 is 0 Å². The Morgan fingerprint density at radius 1 is 0.844 bits per heavy atom. The van der Waals surface area contributed by atoms with Crippen molar-refractivity contribution in [2.24, 2.45) is 50.2 Å². The average Bonchev–Trinajstić information content (AvgIpc) is 2.96. The summed E-state index contributed by atoms with van der Waals surface area (Å²) in [4.78, 5) is 51.7. The van der Waals surface area contributed by atoms with Crippen LogP contribution in [0.4, 0.5) is 0 Å². The van der Waals surface area contributed by atoms with Crippen LogP contribution in [0, 0.1) is 50.2 Å². The molecular weight excluding hydrogens is 568 g/mol. The number of hydrogen-bond donors (Lipinski definition) is 2. The summed E-state index contributed by atoms with van der Waals surface area (Å²) in [5.74, 6) is -2.06. The van der Waals surface area contributed by atoms with Gasteiger partial charge in [-0.05, 0) is 122 Å². The molecule has 2 N–H and O–H groups in total. The van der Waals surface area contributed by atoms with Crippen molar-refractivity contribution in [3.63, 3.8) is 0 Å². The Morgan fingerprint density at radius 3 is 2.18 bits per heavy atom. The number of aromatic carboxylic acids is 1. The number of allylic oxidation sites excluding steroid dienone is 2. The van der Waals surface area contributed by atoms with E-state index in [4.69, 9.17) is 4.74 Å². The molecule has 0 amide bonds. The van der Waals surface area contributed by atoms with Crippen molar-refractivity contribution in [2.75, 3.05) is 0 Å².